The number of nitrogens with zero attached hydrogens (tertiary/aromatic N) is 2. The van der Waals surface area contributed by atoms with E-state index in [1.807, 2.05) is 0 Å². The summed E-state index contributed by atoms with van der Waals surface area (Å²) in [5.74, 6) is 0.950. The summed E-state index contributed by atoms with van der Waals surface area (Å²) >= 11 is 0. The highest BCUT2D eigenvalue weighted by atomic mass is 32.2. The minimum absolute atomic E-state index is 0.151. The van der Waals surface area contributed by atoms with Gasteiger partial charge < -0.3 is 14.2 Å². The second kappa shape index (κ2) is 7.11. The molecule has 1 amide bonds. The number of hydrogen-bond acceptors (Lipinski definition) is 6. The maximum absolute atomic E-state index is 12.8. The first-order valence-electron chi connectivity index (χ1n) is 8.44. The van der Waals surface area contributed by atoms with Gasteiger partial charge in [-0.1, -0.05) is 5.16 Å². The van der Waals surface area contributed by atoms with Gasteiger partial charge in [-0.05, 0) is 51.0 Å². The van der Waals surface area contributed by atoms with Crippen LogP contribution in [0.25, 0.3) is 0 Å². The fourth-order valence-corrected chi connectivity index (χ4v) is 5.01. The van der Waals surface area contributed by atoms with Gasteiger partial charge in [0.15, 0.2) is 9.84 Å². The molecule has 0 aliphatic carbocycles. The van der Waals surface area contributed by atoms with Crippen molar-refractivity contribution in [2.24, 2.45) is 0 Å². The zero-order valence-electron chi connectivity index (χ0n) is 15.1. The average Bonchev–Trinajstić information content (AvgIpc) is 2.99. The molecule has 1 saturated heterocycles. The van der Waals surface area contributed by atoms with Crippen molar-refractivity contribution in [3.05, 3.63) is 41.3 Å². The fourth-order valence-electron chi connectivity index (χ4n) is 3.27. The number of carbonyl (C=O) groups is 1. The number of methoxy groups -OCH3 is 1. The van der Waals surface area contributed by atoms with E-state index in [-0.39, 0.29) is 10.8 Å². The molecule has 0 atom stereocenters. The number of benzene rings is 1. The quantitative estimate of drug-likeness (QED) is 0.811. The van der Waals surface area contributed by atoms with Crippen molar-refractivity contribution in [2.45, 2.75) is 36.8 Å². The molecule has 0 bridgehead atoms. The molecule has 1 fully saturated rings. The van der Waals surface area contributed by atoms with Crippen LogP contribution in [0.15, 0.2) is 33.7 Å². The van der Waals surface area contributed by atoms with E-state index in [9.17, 15) is 13.2 Å². The predicted molar refractivity (Wildman–Crippen MR) is 95.1 cm³/mol. The normalized spacial score (nSPS) is 15.9. The highest BCUT2D eigenvalue weighted by Gasteiger charge is 2.34. The number of aromatic nitrogens is 1. The molecule has 2 aromatic rings. The Morgan fingerprint density at radius 2 is 1.81 bits per heavy atom. The monoisotopic (exact) mass is 378 g/mol. The first-order valence-corrected chi connectivity index (χ1v) is 9.99. The molecular weight excluding hydrogens is 356 g/mol. The molecular formula is C18H22N2O5S. The lowest BCUT2D eigenvalue weighted by Crippen LogP contribution is -2.42. The number of ether oxygens (including phenoxy) is 1. The summed E-state index contributed by atoms with van der Waals surface area (Å²) in [7, 11) is -1.89. The van der Waals surface area contributed by atoms with Gasteiger partial charge in [-0.15, -0.1) is 0 Å². The Bertz CT molecular complexity index is 875. The number of carbonyl (C=O) groups excluding carboxylic acids is 1. The maximum atomic E-state index is 12.8. The Kier molecular flexibility index (Phi) is 5.04. The van der Waals surface area contributed by atoms with Crippen LogP contribution in [0.3, 0.4) is 0 Å². The number of aryl methyl sites for hydroxylation is 2. The predicted octanol–water partition coefficient (Wildman–Crippen LogP) is 2.38. The van der Waals surface area contributed by atoms with Gasteiger partial charge in [0.1, 0.15) is 17.1 Å². The van der Waals surface area contributed by atoms with E-state index >= 15 is 0 Å². The van der Waals surface area contributed by atoms with Gasteiger partial charge in [0.05, 0.1) is 22.9 Å². The van der Waals surface area contributed by atoms with Crippen LogP contribution in [0, 0.1) is 13.8 Å². The second-order valence-electron chi connectivity index (χ2n) is 6.41. The van der Waals surface area contributed by atoms with Crippen molar-refractivity contribution in [3.63, 3.8) is 0 Å². The van der Waals surface area contributed by atoms with E-state index in [1.165, 1.54) is 7.11 Å². The molecule has 0 saturated carbocycles. The Labute approximate surface area is 152 Å². The number of amides is 1. The number of piperidine rings is 1. The Hall–Kier alpha value is -2.35. The summed E-state index contributed by atoms with van der Waals surface area (Å²) in [6.45, 7) is 4.21. The minimum atomic E-state index is -3.43. The molecule has 3 rings (SSSR count). The molecule has 1 aromatic carbocycles. The van der Waals surface area contributed by atoms with Crippen molar-refractivity contribution in [2.75, 3.05) is 20.2 Å². The van der Waals surface area contributed by atoms with Crippen molar-refractivity contribution >= 4 is 15.7 Å². The molecule has 1 aliphatic heterocycles. The zero-order chi connectivity index (χ0) is 18.9. The van der Waals surface area contributed by atoms with Gasteiger partial charge in [-0.25, -0.2) is 8.42 Å². The highest BCUT2D eigenvalue weighted by molar-refractivity contribution is 7.92. The molecule has 0 radical (unpaired) electrons. The average molecular weight is 378 g/mol. The van der Waals surface area contributed by atoms with Crippen LogP contribution in [0.1, 0.15) is 34.7 Å². The summed E-state index contributed by atoms with van der Waals surface area (Å²) in [5, 5.41) is 3.32. The third kappa shape index (κ3) is 3.33. The van der Waals surface area contributed by atoms with Crippen LogP contribution >= 0.6 is 0 Å². The van der Waals surface area contributed by atoms with Crippen molar-refractivity contribution < 1.29 is 22.5 Å². The molecule has 2 heterocycles. The standard InChI is InChI=1S/C18H22N2O5S/c1-12-17(13(2)25-19-12)18(21)20-10-8-16(9-11-20)26(22,23)15-6-4-14(24-3)5-7-15/h4-7,16H,8-11H2,1-3H3. The zero-order valence-corrected chi connectivity index (χ0v) is 15.9. The lowest BCUT2D eigenvalue weighted by Gasteiger charge is -2.31. The molecule has 8 heteroatoms. The van der Waals surface area contributed by atoms with Crippen LogP contribution in [0.4, 0.5) is 0 Å². The molecule has 26 heavy (non-hydrogen) atoms. The van der Waals surface area contributed by atoms with Crippen LogP contribution in [-0.4, -0.2) is 49.8 Å². The van der Waals surface area contributed by atoms with Gasteiger partial charge in [0, 0.05) is 13.1 Å². The number of rotatable bonds is 4. The molecule has 1 aromatic heterocycles. The molecule has 0 unspecified atom stereocenters. The van der Waals surface area contributed by atoms with Crippen LogP contribution in [0.2, 0.25) is 0 Å². The first-order chi connectivity index (χ1) is 12.3. The largest absolute Gasteiger partial charge is 0.497 e. The summed E-state index contributed by atoms with van der Waals surface area (Å²) in [6, 6.07) is 6.41. The van der Waals surface area contributed by atoms with Gasteiger partial charge in [0.25, 0.3) is 5.91 Å². The fraction of sp³-hybridized carbons (Fsp3) is 0.444. The van der Waals surface area contributed by atoms with Crippen molar-refractivity contribution in [1.29, 1.82) is 0 Å². The lowest BCUT2D eigenvalue weighted by molar-refractivity contribution is 0.0723. The Morgan fingerprint density at radius 1 is 1.19 bits per heavy atom. The summed E-state index contributed by atoms with van der Waals surface area (Å²) in [6.07, 6.45) is 0.812. The van der Waals surface area contributed by atoms with Crippen LogP contribution in [-0.2, 0) is 9.84 Å². The second-order valence-corrected chi connectivity index (χ2v) is 8.64. The Balaban J connectivity index is 1.70. The number of hydrogen-bond donors (Lipinski definition) is 0. The summed E-state index contributed by atoms with van der Waals surface area (Å²) in [5.41, 5.74) is 1.03. The molecule has 0 N–H and O–H groups in total. The van der Waals surface area contributed by atoms with E-state index in [0.29, 0.717) is 48.7 Å². The number of sulfone groups is 1. The van der Waals surface area contributed by atoms with Crippen molar-refractivity contribution in [3.8, 4) is 5.75 Å². The van der Waals surface area contributed by atoms with Gasteiger partial charge in [-0.3, -0.25) is 4.79 Å². The molecule has 7 nitrogen and oxygen atoms in total. The summed E-state index contributed by atoms with van der Waals surface area (Å²) in [4.78, 5) is 14.6. The highest BCUT2D eigenvalue weighted by Crippen LogP contribution is 2.27. The summed E-state index contributed by atoms with van der Waals surface area (Å²) < 4.78 is 35.8. The van der Waals surface area contributed by atoms with E-state index in [4.69, 9.17) is 9.26 Å². The first kappa shape index (κ1) is 18.4. The number of likely N-dealkylation sites (tertiary alicyclic amines) is 1. The molecule has 0 spiro atoms. The lowest BCUT2D eigenvalue weighted by atomic mass is 10.1. The SMILES string of the molecule is COc1ccc(S(=O)(=O)C2CCN(C(=O)c3c(C)noc3C)CC2)cc1. The van der Waals surface area contributed by atoms with E-state index in [1.54, 1.807) is 43.0 Å². The maximum Gasteiger partial charge on any atom is 0.259 e. The smallest absolute Gasteiger partial charge is 0.259 e. The topological polar surface area (TPSA) is 89.7 Å². The van der Waals surface area contributed by atoms with Gasteiger partial charge in [-0.2, -0.15) is 0 Å². The van der Waals surface area contributed by atoms with Crippen molar-refractivity contribution in [1.82, 2.24) is 10.1 Å². The van der Waals surface area contributed by atoms with Gasteiger partial charge >= 0.3 is 0 Å². The third-order valence-electron chi connectivity index (χ3n) is 4.80. The molecule has 140 valence electrons. The van der Waals surface area contributed by atoms with Crippen LogP contribution in [0.5, 0.6) is 5.75 Å². The minimum Gasteiger partial charge on any atom is -0.497 e. The molecule has 1 aliphatic rings. The third-order valence-corrected chi connectivity index (χ3v) is 7.08. The van der Waals surface area contributed by atoms with E-state index in [0.717, 1.165) is 0 Å². The van der Waals surface area contributed by atoms with E-state index in [2.05, 4.69) is 5.16 Å². The Morgan fingerprint density at radius 3 is 2.31 bits per heavy atom. The van der Waals surface area contributed by atoms with Crippen LogP contribution < -0.4 is 4.74 Å². The van der Waals surface area contributed by atoms with E-state index < -0.39 is 15.1 Å². The van der Waals surface area contributed by atoms with Gasteiger partial charge in [0.2, 0.25) is 0 Å².